The fourth-order valence-corrected chi connectivity index (χ4v) is 9.88. The number of rotatable bonds is 4. The van der Waals surface area contributed by atoms with E-state index in [-0.39, 0.29) is 0 Å². The van der Waals surface area contributed by atoms with E-state index in [0.29, 0.717) is 5.95 Å². The third kappa shape index (κ3) is 4.23. The molecule has 0 N–H and O–H groups in total. The lowest BCUT2D eigenvalue weighted by Gasteiger charge is -2.17. The van der Waals surface area contributed by atoms with E-state index in [1.54, 1.807) is 0 Å². The number of nitrogens with zero attached hydrogens (tertiary/aromatic N) is 4. The van der Waals surface area contributed by atoms with Crippen LogP contribution in [-0.2, 0) is 0 Å². The van der Waals surface area contributed by atoms with Gasteiger partial charge < -0.3 is 4.40 Å². The summed E-state index contributed by atoms with van der Waals surface area (Å²) in [6.07, 6.45) is 0. The molecule has 0 aliphatic heterocycles. The third-order valence-electron chi connectivity index (χ3n) is 12.3. The van der Waals surface area contributed by atoms with E-state index in [0.717, 1.165) is 49.5 Å². The summed E-state index contributed by atoms with van der Waals surface area (Å²) in [5, 5.41) is 10.7. The highest BCUT2D eigenvalue weighted by molar-refractivity contribution is 6.31. The van der Waals surface area contributed by atoms with Crippen LogP contribution in [0.5, 0.6) is 0 Å². The summed E-state index contributed by atoms with van der Waals surface area (Å²) < 4.78 is 4.78. The Morgan fingerprint density at radius 3 is 1.76 bits per heavy atom. The van der Waals surface area contributed by atoms with Gasteiger partial charge in [-0.25, -0.2) is 9.97 Å². The minimum absolute atomic E-state index is 0.649. The highest BCUT2D eigenvalue weighted by atomic mass is 15.2. The molecule has 0 atom stereocenters. The van der Waals surface area contributed by atoms with Gasteiger partial charge in [-0.05, 0) is 63.4 Å². The topological polar surface area (TPSA) is 35.1 Å². The molecule has 13 rings (SSSR count). The van der Waals surface area contributed by atoms with E-state index in [2.05, 4.69) is 203 Å². The number of para-hydroxylation sites is 2. The van der Waals surface area contributed by atoms with Crippen molar-refractivity contribution in [3.05, 3.63) is 194 Å². The van der Waals surface area contributed by atoms with Crippen LogP contribution in [0.1, 0.15) is 0 Å². The highest BCUT2D eigenvalue weighted by Gasteiger charge is 2.24. The Bertz CT molecular complexity index is 3780. The first-order valence-corrected chi connectivity index (χ1v) is 19.8. The maximum absolute atomic E-state index is 5.69. The molecule has 0 aliphatic carbocycles. The van der Waals surface area contributed by atoms with E-state index in [1.807, 2.05) is 0 Å². The van der Waals surface area contributed by atoms with Crippen LogP contribution in [0.25, 0.3) is 121 Å². The van der Waals surface area contributed by atoms with Crippen LogP contribution in [0.3, 0.4) is 0 Å². The second-order valence-corrected chi connectivity index (χ2v) is 15.3. The Kier molecular flexibility index (Phi) is 6.41. The van der Waals surface area contributed by atoms with Gasteiger partial charge in [0, 0.05) is 43.3 Å². The monoisotopic (exact) mass is 736 g/mol. The molecular formula is C54H32N4. The van der Waals surface area contributed by atoms with Crippen molar-refractivity contribution in [1.29, 1.82) is 0 Å². The number of aromatic nitrogens is 4. The number of benzene rings is 9. The summed E-state index contributed by atoms with van der Waals surface area (Å²) in [7, 11) is 0. The highest BCUT2D eigenvalue weighted by Crippen LogP contribution is 2.45. The van der Waals surface area contributed by atoms with E-state index in [1.165, 1.54) is 65.6 Å². The zero-order valence-electron chi connectivity index (χ0n) is 31.3. The molecule has 0 bridgehead atoms. The third-order valence-corrected chi connectivity index (χ3v) is 12.3. The molecule has 0 fully saturated rings. The molecule has 0 radical (unpaired) electrons. The average molecular weight is 737 g/mol. The molecule has 0 spiro atoms. The van der Waals surface area contributed by atoms with Gasteiger partial charge in [0.25, 0.3) is 0 Å². The molecule has 0 saturated heterocycles. The van der Waals surface area contributed by atoms with Crippen LogP contribution in [0.2, 0.25) is 0 Å². The second kappa shape index (κ2) is 11.8. The Labute approximate surface area is 332 Å². The fourth-order valence-electron chi connectivity index (χ4n) is 9.88. The Morgan fingerprint density at radius 2 is 0.914 bits per heavy atom. The van der Waals surface area contributed by atoms with Crippen LogP contribution in [0, 0.1) is 0 Å². The number of hydrogen-bond acceptors (Lipinski definition) is 2. The molecule has 0 amide bonds. The lowest BCUT2D eigenvalue weighted by Crippen LogP contribution is -2.04. The van der Waals surface area contributed by atoms with Gasteiger partial charge in [-0.2, -0.15) is 0 Å². The van der Waals surface area contributed by atoms with E-state index >= 15 is 0 Å². The van der Waals surface area contributed by atoms with Crippen molar-refractivity contribution < 1.29 is 0 Å². The van der Waals surface area contributed by atoms with Crippen molar-refractivity contribution in [3.63, 3.8) is 0 Å². The van der Waals surface area contributed by atoms with Crippen LogP contribution >= 0.6 is 0 Å². The summed E-state index contributed by atoms with van der Waals surface area (Å²) in [5.41, 5.74) is 13.4. The first kappa shape index (κ1) is 31.4. The Balaban J connectivity index is 1.20. The largest absolute Gasteiger partial charge is 0.308 e. The van der Waals surface area contributed by atoms with Crippen molar-refractivity contribution in [2.24, 2.45) is 0 Å². The van der Waals surface area contributed by atoms with Crippen molar-refractivity contribution in [3.8, 4) is 39.5 Å². The zero-order chi connectivity index (χ0) is 37.9. The number of hydrogen-bond donors (Lipinski definition) is 0. The molecule has 13 aromatic rings. The van der Waals surface area contributed by atoms with Crippen molar-refractivity contribution in [2.75, 3.05) is 0 Å². The van der Waals surface area contributed by atoms with Crippen LogP contribution < -0.4 is 0 Å². The standard InChI is InChI=1S/C54H32N4/c1-3-15-33(16-4-1)36-20-7-8-21-37(36)39-23-11-19-34-31-32-43-51(35-17-5-2-6-18-35)55-54(56-52(43)48(34)39)58-45-28-13-24-40-42-26-12-25-41-38-22-9-10-27-44(38)57(53(41)42)46-29-14-30-47(58)50(46)49(40)45/h1-32H. The summed E-state index contributed by atoms with van der Waals surface area (Å²) in [6.45, 7) is 0. The van der Waals surface area contributed by atoms with Gasteiger partial charge >= 0.3 is 0 Å². The maximum atomic E-state index is 5.69. The van der Waals surface area contributed by atoms with Crippen LogP contribution in [0.4, 0.5) is 0 Å². The van der Waals surface area contributed by atoms with Crippen molar-refractivity contribution >= 4 is 81.6 Å². The molecule has 0 unspecified atom stereocenters. The predicted octanol–water partition coefficient (Wildman–Crippen LogP) is 14.0. The molecular weight excluding hydrogens is 705 g/mol. The molecule has 4 aromatic heterocycles. The lowest BCUT2D eigenvalue weighted by molar-refractivity contribution is 1.02. The van der Waals surface area contributed by atoms with Crippen molar-refractivity contribution in [2.45, 2.75) is 0 Å². The molecule has 4 heteroatoms. The molecule has 268 valence electrons. The van der Waals surface area contributed by atoms with Gasteiger partial charge in [0.2, 0.25) is 5.95 Å². The van der Waals surface area contributed by atoms with Gasteiger partial charge in [-0.3, -0.25) is 4.57 Å². The average Bonchev–Trinajstić information content (AvgIpc) is 3.78. The number of fused-ring (bicyclic) bond motifs is 8. The summed E-state index contributed by atoms with van der Waals surface area (Å²) in [4.78, 5) is 11.3. The zero-order valence-corrected chi connectivity index (χ0v) is 31.3. The lowest BCUT2D eigenvalue weighted by atomic mass is 9.90. The molecule has 58 heavy (non-hydrogen) atoms. The van der Waals surface area contributed by atoms with Gasteiger partial charge in [0.1, 0.15) is 0 Å². The fraction of sp³-hybridized carbons (Fsp3) is 0. The van der Waals surface area contributed by atoms with Gasteiger partial charge in [0.15, 0.2) is 0 Å². The predicted molar refractivity (Wildman–Crippen MR) is 242 cm³/mol. The van der Waals surface area contributed by atoms with E-state index in [4.69, 9.17) is 9.97 Å². The van der Waals surface area contributed by atoms with Crippen molar-refractivity contribution in [1.82, 2.24) is 18.9 Å². The minimum Gasteiger partial charge on any atom is -0.308 e. The smallest absolute Gasteiger partial charge is 0.235 e. The first-order chi connectivity index (χ1) is 28.8. The normalized spacial score (nSPS) is 12.1. The Morgan fingerprint density at radius 1 is 0.328 bits per heavy atom. The van der Waals surface area contributed by atoms with Crippen LogP contribution in [0.15, 0.2) is 194 Å². The SMILES string of the molecule is c1ccc(-c2ccccc2-c2cccc3ccc4c(-c5ccccc5)nc(-n5c6cccc7c8cccc9c%10ccccc%10n(c%10cccc5c%10c76)c89)nc4c23)cc1. The Hall–Kier alpha value is -7.82. The molecule has 0 aliphatic rings. The molecule has 9 aromatic carbocycles. The first-order valence-electron chi connectivity index (χ1n) is 19.8. The summed E-state index contributed by atoms with van der Waals surface area (Å²) >= 11 is 0. The maximum Gasteiger partial charge on any atom is 0.235 e. The van der Waals surface area contributed by atoms with Gasteiger partial charge in [-0.1, -0.05) is 164 Å². The molecule has 4 heterocycles. The van der Waals surface area contributed by atoms with Gasteiger partial charge in [0.05, 0.1) is 38.8 Å². The summed E-state index contributed by atoms with van der Waals surface area (Å²) in [5.74, 6) is 0.649. The summed E-state index contributed by atoms with van der Waals surface area (Å²) in [6, 6.07) is 70.0. The quantitative estimate of drug-likeness (QED) is 0.169. The van der Waals surface area contributed by atoms with E-state index < -0.39 is 0 Å². The van der Waals surface area contributed by atoms with E-state index in [9.17, 15) is 0 Å². The second-order valence-electron chi connectivity index (χ2n) is 15.3. The molecule has 0 saturated carbocycles. The minimum atomic E-state index is 0.649. The molecule has 4 nitrogen and oxygen atoms in total. The van der Waals surface area contributed by atoms with Gasteiger partial charge in [-0.15, -0.1) is 0 Å². The van der Waals surface area contributed by atoms with Crippen LogP contribution in [-0.4, -0.2) is 18.9 Å².